The summed E-state index contributed by atoms with van der Waals surface area (Å²) >= 11 is 1.66. The van der Waals surface area contributed by atoms with Crippen LogP contribution in [0.5, 0.6) is 0 Å². The van der Waals surface area contributed by atoms with Crippen molar-refractivity contribution in [3.05, 3.63) is 46.5 Å². The number of hydrogen-bond acceptors (Lipinski definition) is 4. The van der Waals surface area contributed by atoms with Crippen LogP contribution in [0.15, 0.2) is 45.3 Å². The third-order valence-electron chi connectivity index (χ3n) is 5.15. The van der Waals surface area contributed by atoms with Gasteiger partial charge in [0, 0.05) is 37.5 Å². The fraction of sp³-hybridized carbons (Fsp3) is 0.571. The smallest absolute Gasteiger partial charge is 0.401 e. The molecule has 2 aromatic rings. The van der Waals surface area contributed by atoms with E-state index < -0.39 is 12.7 Å². The van der Waals surface area contributed by atoms with Crippen LogP contribution in [0.3, 0.4) is 0 Å². The van der Waals surface area contributed by atoms with Gasteiger partial charge in [-0.25, -0.2) is 4.99 Å². The maximum atomic E-state index is 12.8. The number of likely N-dealkylation sites (tertiary alicyclic amines) is 1. The Bertz CT molecular complexity index is 768. The molecule has 1 unspecified atom stereocenters. The van der Waals surface area contributed by atoms with E-state index in [-0.39, 0.29) is 29.9 Å². The number of hydrogen-bond donors (Lipinski definition) is 1. The maximum Gasteiger partial charge on any atom is 0.401 e. The minimum Gasteiger partial charge on any atom is -0.469 e. The molecule has 0 aliphatic carbocycles. The number of rotatable bonds is 9. The molecule has 31 heavy (non-hydrogen) atoms. The SMILES string of the molecule is CCN(CC1CCN(C(=NCc2cccs2)NCCc2ccco2)C1)CC(F)(F)F.I. The summed E-state index contributed by atoms with van der Waals surface area (Å²) < 4.78 is 43.7. The highest BCUT2D eigenvalue weighted by molar-refractivity contribution is 14.0. The van der Waals surface area contributed by atoms with Crippen molar-refractivity contribution in [2.24, 2.45) is 10.9 Å². The first-order chi connectivity index (χ1) is 14.4. The molecule has 1 atom stereocenters. The molecule has 174 valence electrons. The standard InChI is InChI=1S/C21H29F3N4OS.HI/c1-2-27(16-21(22,23)24)14-17-8-10-28(15-17)20(26-13-19-6-4-12-30-19)25-9-7-18-5-3-11-29-18;/h3-6,11-12,17H,2,7-10,13-16H2,1H3,(H,25,26);1H. The number of nitrogens with zero attached hydrogens (tertiary/aromatic N) is 3. The van der Waals surface area contributed by atoms with Crippen molar-refractivity contribution < 1.29 is 17.6 Å². The van der Waals surface area contributed by atoms with Gasteiger partial charge in [-0.1, -0.05) is 13.0 Å². The second-order valence-corrected chi connectivity index (χ2v) is 8.55. The van der Waals surface area contributed by atoms with Crippen LogP contribution in [-0.4, -0.2) is 61.2 Å². The van der Waals surface area contributed by atoms with Crippen LogP contribution >= 0.6 is 35.3 Å². The average molecular weight is 570 g/mol. The van der Waals surface area contributed by atoms with Gasteiger partial charge in [-0.2, -0.15) is 13.2 Å². The van der Waals surface area contributed by atoms with Crippen molar-refractivity contribution in [3.8, 4) is 0 Å². The number of nitrogens with one attached hydrogen (secondary N) is 1. The molecular weight excluding hydrogens is 540 g/mol. The summed E-state index contributed by atoms with van der Waals surface area (Å²) in [5, 5.41) is 5.44. The van der Waals surface area contributed by atoms with Gasteiger partial charge in [0.2, 0.25) is 0 Å². The van der Waals surface area contributed by atoms with Gasteiger partial charge < -0.3 is 14.6 Å². The summed E-state index contributed by atoms with van der Waals surface area (Å²) in [7, 11) is 0. The van der Waals surface area contributed by atoms with E-state index >= 15 is 0 Å². The number of halogens is 4. The molecule has 1 aliphatic heterocycles. The molecule has 1 fully saturated rings. The topological polar surface area (TPSA) is 44.0 Å². The van der Waals surface area contributed by atoms with Crippen LogP contribution in [-0.2, 0) is 13.0 Å². The fourth-order valence-corrected chi connectivity index (χ4v) is 4.30. The van der Waals surface area contributed by atoms with Gasteiger partial charge in [-0.05, 0) is 42.5 Å². The molecule has 3 heterocycles. The summed E-state index contributed by atoms with van der Waals surface area (Å²) in [5.74, 6) is 1.92. The van der Waals surface area contributed by atoms with E-state index in [2.05, 4.69) is 16.3 Å². The third-order valence-corrected chi connectivity index (χ3v) is 6.01. The predicted octanol–water partition coefficient (Wildman–Crippen LogP) is 4.85. The van der Waals surface area contributed by atoms with Crippen molar-refractivity contribution >= 4 is 41.3 Å². The van der Waals surface area contributed by atoms with Gasteiger partial charge in [0.05, 0.1) is 19.4 Å². The lowest BCUT2D eigenvalue weighted by Crippen LogP contribution is -2.42. The lowest BCUT2D eigenvalue weighted by Gasteiger charge is -2.26. The van der Waals surface area contributed by atoms with Crippen LogP contribution in [0.4, 0.5) is 13.2 Å². The molecule has 0 spiro atoms. The van der Waals surface area contributed by atoms with Gasteiger partial charge >= 0.3 is 6.18 Å². The number of aliphatic imine (C=N–C) groups is 1. The quantitative estimate of drug-likeness (QED) is 0.266. The van der Waals surface area contributed by atoms with Crippen LogP contribution in [0.1, 0.15) is 24.0 Å². The Hall–Kier alpha value is -1.27. The van der Waals surface area contributed by atoms with E-state index in [9.17, 15) is 13.2 Å². The molecule has 2 aromatic heterocycles. The molecule has 5 nitrogen and oxygen atoms in total. The Labute approximate surface area is 202 Å². The fourth-order valence-electron chi connectivity index (χ4n) is 3.67. The second kappa shape index (κ2) is 12.7. The lowest BCUT2D eigenvalue weighted by atomic mass is 10.1. The van der Waals surface area contributed by atoms with E-state index in [0.717, 1.165) is 31.1 Å². The highest BCUT2D eigenvalue weighted by Crippen LogP contribution is 2.22. The molecule has 1 N–H and O–H groups in total. The molecule has 0 saturated carbocycles. The number of thiophene rings is 1. The van der Waals surface area contributed by atoms with Crippen molar-refractivity contribution in [2.75, 3.05) is 39.3 Å². The van der Waals surface area contributed by atoms with Crippen LogP contribution in [0, 0.1) is 5.92 Å². The molecular formula is C21H30F3IN4OS. The number of guanidine groups is 1. The van der Waals surface area contributed by atoms with E-state index in [1.54, 1.807) is 24.5 Å². The first kappa shape index (κ1) is 26.0. The summed E-state index contributed by atoms with van der Waals surface area (Å²) in [4.78, 5) is 9.61. The highest BCUT2D eigenvalue weighted by Gasteiger charge is 2.33. The monoisotopic (exact) mass is 570 g/mol. The Balaban J connectivity index is 0.00000341. The van der Waals surface area contributed by atoms with Crippen molar-refractivity contribution in [2.45, 2.75) is 32.5 Å². The van der Waals surface area contributed by atoms with Crippen molar-refractivity contribution in [1.29, 1.82) is 0 Å². The molecule has 1 aliphatic rings. The highest BCUT2D eigenvalue weighted by atomic mass is 127. The summed E-state index contributed by atoms with van der Waals surface area (Å²) in [5.41, 5.74) is 0. The minimum atomic E-state index is -4.16. The van der Waals surface area contributed by atoms with Gasteiger partial charge in [0.1, 0.15) is 5.76 Å². The first-order valence-corrected chi connectivity index (χ1v) is 11.2. The third kappa shape index (κ3) is 9.01. The van der Waals surface area contributed by atoms with Crippen LogP contribution in [0.2, 0.25) is 0 Å². The zero-order chi connectivity index (χ0) is 21.4. The van der Waals surface area contributed by atoms with Gasteiger partial charge in [-0.3, -0.25) is 4.90 Å². The van der Waals surface area contributed by atoms with Crippen LogP contribution < -0.4 is 5.32 Å². The van der Waals surface area contributed by atoms with Gasteiger partial charge in [0.25, 0.3) is 0 Å². The molecule has 3 rings (SSSR count). The molecule has 0 aromatic carbocycles. The van der Waals surface area contributed by atoms with Crippen LogP contribution in [0.25, 0.3) is 0 Å². The summed E-state index contributed by atoms with van der Waals surface area (Å²) in [6, 6.07) is 7.87. The number of furan rings is 1. The summed E-state index contributed by atoms with van der Waals surface area (Å²) in [6.45, 7) is 4.58. The Morgan fingerprint density at radius 2 is 2.19 bits per heavy atom. The molecule has 10 heteroatoms. The molecule has 1 saturated heterocycles. The normalized spacial score (nSPS) is 17.3. The Morgan fingerprint density at radius 1 is 1.35 bits per heavy atom. The number of alkyl halides is 3. The van der Waals surface area contributed by atoms with E-state index in [1.165, 1.54) is 9.78 Å². The van der Waals surface area contributed by atoms with Crippen molar-refractivity contribution in [3.63, 3.8) is 0 Å². The largest absolute Gasteiger partial charge is 0.469 e. The summed E-state index contributed by atoms with van der Waals surface area (Å²) in [6.07, 6.45) is -0.884. The van der Waals surface area contributed by atoms with E-state index in [0.29, 0.717) is 32.7 Å². The molecule has 0 radical (unpaired) electrons. The molecule has 0 amide bonds. The predicted molar refractivity (Wildman–Crippen MR) is 129 cm³/mol. The average Bonchev–Trinajstić information content (AvgIpc) is 3.45. The molecule has 0 bridgehead atoms. The zero-order valence-corrected chi connectivity index (χ0v) is 20.8. The van der Waals surface area contributed by atoms with Gasteiger partial charge in [0.15, 0.2) is 5.96 Å². The maximum absolute atomic E-state index is 12.8. The second-order valence-electron chi connectivity index (χ2n) is 7.52. The minimum absolute atomic E-state index is 0. The lowest BCUT2D eigenvalue weighted by molar-refractivity contribution is -0.146. The Kier molecular flexibility index (Phi) is 10.6. The van der Waals surface area contributed by atoms with E-state index in [4.69, 9.17) is 9.41 Å². The zero-order valence-electron chi connectivity index (χ0n) is 17.6. The Morgan fingerprint density at radius 3 is 2.84 bits per heavy atom. The van der Waals surface area contributed by atoms with E-state index in [1.807, 2.05) is 23.6 Å². The van der Waals surface area contributed by atoms with Crippen molar-refractivity contribution in [1.82, 2.24) is 15.1 Å². The first-order valence-electron chi connectivity index (χ1n) is 10.3. The van der Waals surface area contributed by atoms with Gasteiger partial charge in [-0.15, -0.1) is 35.3 Å².